The van der Waals surface area contributed by atoms with Crippen molar-refractivity contribution < 1.29 is 4.74 Å². The van der Waals surface area contributed by atoms with Crippen LogP contribution in [0.3, 0.4) is 0 Å². The number of hydrogen-bond acceptors (Lipinski definition) is 2. The first-order chi connectivity index (χ1) is 10.2. The molecule has 1 aliphatic carbocycles. The Balaban J connectivity index is 1.93. The average Bonchev–Trinajstić information content (AvgIpc) is 2.95. The quantitative estimate of drug-likeness (QED) is 0.712. The van der Waals surface area contributed by atoms with Crippen molar-refractivity contribution in [2.75, 3.05) is 20.2 Å². The molecule has 0 amide bonds. The van der Waals surface area contributed by atoms with E-state index in [1.807, 2.05) is 0 Å². The van der Waals surface area contributed by atoms with Gasteiger partial charge < -0.3 is 10.1 Å². The number of benzene rings is 1. The summed E-state index contributed by atoms with van der Waals surface area (Å²) in [5.41, 5.74) is 3.31. The first kappa shape index (κ1) is 16.4. The van der Waals surface area contributed by atoms with Gasteiger partial charge >= 0.3 is 0 Å². The van der Waals surface area contributed by atoms with E-state index in [2.05, 4.69) is 37.4 Å². The lowest BCUT2D eigenvalue weighted by Crippen LogP contribution is -2.25. The molecule has 2 nitrogen and oxygen atoms in total. The molecule has 118 valence electrons. The lowest BCUT2D eigenvalue weighted by Gasteiger charge is -2.29. The highest BCUT2D eigenvalue weighted by Gasteiger charge is 2.32. The number of nitrogens with one attached hydrogen (secondary N) is 1. The number of aryl methyl sites for hydroxylation is 2. The summed E-state index contributed by atoms with van der Waals surface area (Å²) in [5.74, 6) is 1.00. The molecule has 1 aliphatic rings. The summed E-state index contributed by atoms with van der Waals surface area (Å²) in [6, 6.07) is 6.65. The third-order valence-electron chi connectivity index (χ3n) is 5.15. The van der Waals surface area contributed by atoms with Crippen molar-refractivity contribution in [2.45, 2.75) is 58.8 Å². The molecule has 1 aromatic carbocycles. The van der Waals surface area contributed by atoms with Crippen molar-refractivity contribution in [1.29, 1.82) is 0 Å². The second-order valence-corrected chi connectivity index (χ2v) is 6.61. The predicted molar refractivity (Wildman–Crippen MR) is 90.1 cm³/mol. The zero-order valence-corrected chi connectivity index (χ0v) is 14.0. The number of methoxy groups -OCH3 is 1. The van der Waals surface area contributed by atoms with Crippen LogP contribution in [-0.2, 0) is 6.42 Å². The molecular formula is C19H31NO. The third-order valence-corrected chi connectivity index (χ3v) is 5.15. The Kier molecular flexibility index (Phi) is 6.10. The lowest BCUT2D eigenvalue weighted by atomic mass is 9.77. The van der Waals surface area contributed by atoms with Crippen LogP contribution in [0.25, 0.3) is 0 Å². The number of rotatable bonds is 8. The maximum Gasteiger partial charge on any atom is 0.121 e. The van der Waals surface area contributed by atoms with E-state index in [1.165, 1.54) is 62.6 Å². The van der Waals surface area contributed by atoms with Crippen molar-refractivity contribution in [2.24, 2.45) is 5.41 Å². The molecule has 0 radical (unpaired) electrons. The lowest BCUT2D eigenvalue weighted by molar-refractivity contribution is 0.246. The van der Waals surface area contributed by atoms with Crippen LogP contribution >= 0.6 is 0 Å². The number of ether oxygens (including phenoxy) is 1. The highest BCUT2D eigenvalue weighted by atomic mass is 16.5. The van der Waals surface area contributed by atoms with Crippen LogP contribution in [0.15, 0.2) is 18.2 Å². The molecule has 2 rings (SSSR count). The Hall–Kier alpha value is -1.02. The highest BCUT2D eigenvalue weighted by Crippen LogP contribution is 2.44. The summed E-state index contributed by atoms with van der Waals surface area (Å²) in [5, 5.41) is 3.51. The monoisotopic (exact) mass is 289 g/mol. The molecule has 0 bridgehead atoms. The molecule has 1 N–H and O–H groups in total. The molecule has 0 aromatic heterocycles. The van der Waals surface area contributed by atoms with Gasteiger partial charge in [0.25, 0.3) is 0 Å². The van der Waals surface area contributed by atoms with Gasteiger partial charge in [-0.3, -0.25) is 0 Å². The molecule has 1 saturated carbocycles. The van der Waals surface area contributed by atoms with Crippen molar-refractivity contribution >= 4 is 0 Å². The summed E-state index contributed by atoms with van der Waals surface area (Å²) < 4.78 is 5.35. The van der Waals surface area contributed by atoms with Crippen LogP contribution in [0.2, 0.25) is 0 Å². The van der Waals surface area contributed by atoms with Crippen molar-refractivity contribution in [1.82, 2.24) is 5.32 Å². The maximum atomic E-state index is 5.35. The minimum Gasteiger partial charge on any atom is -0.496 e. The third kappa shape index (κ3) is 4.47. The van der Waals surface area contributed by atoms with Gasteiger partial charge in [-0.1, -0.05) is 31.9 Å². The normalized spacial score (nSPS) is 17.1. The van der Waals surface area contributed by atoms with E-state index in [9.17, 15) is 0 Å². The molecule has 0 atom stereocenters. The van der Waals surface area contributed by atoms with Crippen LogP contribution in [0.1, 0.15) is 56.6 Å². The zero-order valence-electron chi connectivity index (χ0n) is 14.0. The topological polar surface area (TPSA) is 21.3 Å². The van der Waals surface area contributed by atoms with Crippen molar-refractivity contribution in [3.63, 3.8) is 0 Å². The van der Waals surface area contributed by atoms with Crippen LogP contribution in [-0.4, -0.2) is 20.2 Å². The SMILES string of the molecule is CCNCCC1(CCc2ccc(OC)c(C)c2)CCCC1. The fourth-order valence-corrected chi connectivity index (χ4v) is 3.79. The second kappa shape index (κ2) is 7.84. The van der Waals surface area contributed by atoms with Gasteiger partial charge in [-0.15, -0.1) is 0 Å². The largest absolute Gasteiger partial charge is 0.496 e. The summed E-state index contributed by atoms with van der Waals surface area (Å²) in [6.45, 7) is 6.60. The Labute approximate surface area is 130 Å². The summed E-state index contributed by atoms with van der Waals surface area (Å²) in [6.07, 6.45) is 9.58. The fraction of sp³-hybridized carbons (Fsp3) is 0.684. The van der Waals surface area contributed by atoms with Gasteiger partial charge in [-0.2, -0.15) is 0 Å². The van der Waals surface area contributed by atoms with E-state index < -0.39 is 0 Å². The highest BCUT2D eigenvalue weighted by molar-refractivity contribution is 5.36. The minimum atomic E-state index is 0.593. The molecule has 0 spiro atoms. The first-order valence-electron chi connectivity index (χ1n) is 8.53. The Morgan fingerprint density at radius 1 is 1.19 bits per heavy atom. The van der Waals surface area contributed by atoms with Gasteiger partial charge in [0.15, 0.2) is 0 Å². The van der Waals surface area contributed by atoms with Crippen molar-refractivity contribution in [3.8, 4) is 5.75 Å². The molecule has 0 heterocycles. The molecule has 1 aromatic rings. The van der Waals surface area contributed by atoms with Crippen LogP contribution in [0, 0.1) is 12.3 Å². The van der Waals surface area contributed by atoms with Gasteiger partial charge in [0.05, 0.1) is 7.11 Å². The Bertz CT molecular complexity index is 435. The van der Waals surface area contributed by atoms with Crippen LogP contribution in [0.5, 0.6) is 5.75 Å². The van der Waals surface area contributed by atoms with E-state index in [-0.39, 0.29) is 0 Å². The maximum absolute atomic E-state index is 5.35. The fourth-order valence-electron chi connectivity index (χ4n) is 3.79. The molecule has 0 aliphatic heterocycles. The molecule has 2 heteroatoms. The van der Waals surface area contributed by atoms with Gasteiger partial charge in [-0.25, -0.2) is 0 Å². The predicted octanol–water partition coefficient (Wildman–Crippen LogP) is 4.50. The second-order valence-electron chi connectivity index (χ2n) is 6.61. The Morgan fingerprint density at radius 3 is 2.57 bits per heavy atom. The van der Waals surface area contributed by atoms with Gasteiger partial charge in [0, 0.05) is 0 Å². The average molecular weight is 289 g/mol. The summed E-state index contributed by atoms with van der Waals surface area (Å²) in [7, 11) is 1.75. The molecule has 1 fully saturated rings. The minimum absolute atomic E-state index is 0.593. The van der Waals surface area contributed by atoms with Crippen molar-refractivity contribution in [3.05, 3.63) is 29.3 Å². The molecule has 0 unspecified atom stereocenters. The molecule has 21 heavy (non-hydrogen) atoms. The summed E-state index contributed by atoms with van der Waals surface area (Å²) >= 11 is 0. The van der Waals surface area contributed by atoms with E-state index >= 15 is 0 Å². The van der Waals surface area contributed by atoms with Gasteiger partial charge in [-0.05, 0) is 74.7 Å². The van der Waals surface area contributed by atoms with E-state index in [4.69, 9.17) is 4.74 Å². The van der Waals surface area contributed by atoms with E-state index in [1.54, 1.807) is 7.11 Å². The number of hydrogen-bond donors (Lipinski definition) is 1. The van der Waals surface area contributed by atoms with Crippen LogP contribution < -0.4 is 10.1 Å². The van der Waals surface area contributed by atoms with Crippen LogP contribution in [0.4, 0.5) is 0 Å². The zero-order chi connectivity index (χ0) is 15.1. The van der Waals surface area contributed by atoms with Gasteiger partial charge in [0.2, 0.25) is 0 Å². The van der Waals surface area contributed by atoms with E-state index in [0.29, 0.717) is 5.41 Å². The summed E-state index contributed by atoms with van der Waals surface area (Å²) in [4.78, 5) is 0. The first-order valence-corrected chi connectivity index (χ1v) is 8.53. The van der Waals surface area contributed by atoms with Gasteiger partial charge in [0.1, 0.15) is 5.75 Å². The van der Waals surface area contributed by atoms with E-state index in [0.717, 1.165) is 12.3 Å². The molecule has 0 saturated heterocycles. The standard InChI is InChI=1S/C19H31NO/c1-4-20-14-13-19(10-5-6-11-19)12-9-17-7-8-18(21-3)16(2)15-17/h7-8,15,20H,4-6,9-14H2,1-3H3. The molecular weight excluding hydrogens is 258 g/mol. The smallest absolute Gasteiger partial charge is 0.121 e. The Morgan fingerprint density at radius 2 is 1.95 bits per heavy atom.